The maximum Gasteiger partial charge on any atom is 0.243 e. The molecular weight excluding hydrogens is 372 g/mol. The molecule has 0 unspecified atom stereocenters. The number of hydrogen-bond donors (Lipinski definition) is 1. The fourth-order valence-corrected chi connectivity index (χ4v) is 3.40. The van der Waals surface area contributed by atoms with Gasteiger partial charge in [0.1, 0.15) is 6.04 Å². The van der Waals surface area contributed by atoms with Gasteiger partial charge in [-0.2, -0.15) is 0 Å². The topological polar surface area (TPSA) is 49.4 Å². The van der Waals surface area contributed by atoms with Crippen LogP contribution in [0.5, 0.6) is 0 Å². The summed E-state index contributed by atoms with van der Waals surface area (Å²) >= 11 is 0. The Morgan fingerprint density at radius 3 is 1.90 bits per heavy atom. The van der Waals surface area contributed by atoms with E-state index in [9.17, 15) is 9.59 Å². The van der Waals surface area contributed by atoms with Crippen molar-refractivity contribution in [3.05, 3.63) is 70.8 Å². The smallest absolute Gasteiger partial charge is 0.243 e. The zero-order valence-electron chi connectivity index (χ0n) is 19.1. The Labute approximate surface area is 181 Å². The van der Waals surface area contributed by atoms with E-state index in [-0.39, 0.29) is 17.9 Å². The molecule has 0 aliphatic carbocycles. The summed E-state index contributed by atoms with van der Waals surface area (Å²) in [5, 5.41) is 3.06. The van der Waals surface area contributed by atoms with E-state index in [1.165, 1.54) is 11.1 Å². The van der Waals surface area contributed by atoms with Gasteiger partial charge in [0.15, 0.2) is 0 Å². The number of rotatable bonds is 10. The fraction of sp³-hybridized carbons (Fsp3) is 0.462. The number of nitrogens with one attached hydrogen (secondary N) is 1. The van der Waals surface area contributed by atoms with E-state index in [0.717, 1.165) is 17.5 Å². The summed E-state index contributed by atoms with van der Waals surface area (Å²) in [4.78, 5) is 28.0. The van der Waals surface area contributed by atoms with Gasteiger partial charge in [-0.3, -0.25) is 9.59 Å². The van der Waals surface area contributed by atoms with Gasteiger partial charge in [-0.15, -0.1) is 0 Å². The molecule has 0 fully saturated rings. The molecule has 162 valence electrons. The quantitative estimate of drug-likeness (QED) is 0.604. The van der Waals surface area contributed by atoms with E-state index in [1.807, 2.05) is 52.0 Å². The Balaban J connectivity index is 2.19. The molecule has 0 radical (unpaired) electrons. The number of nitrogens with zero attached hydrogens (tertiary/aromatic N) is 1. The molecule has 0 aromatic heterocycles. The summed E-state index contributed by atoms with van der Waals surface area (Å²) in [5.74, 6) is -0.0510. The van der Waals surface area contributed by atoms with Crippen LogP contribution in [0.15, 0.2) is 48.5 Å². The van der Waals surface area contributed by atoms with Gasteiger partial charge >= 0.3 is 0 Å². The summed E-state index contributed by atoms with van der Waals surface area (Å²) in [6, 6.07) is 16.1. The van der Waals surface area contributed by atoms with E-state index in [1.54, 1.807) is 4.90 Å². The summed E-state index contributed by atoms with van der Waals surface area (Å²) in [6.07, 6.45) is 2.51. The second-order valence-corrected chi connectivity index (χ2v) is 8.23. The third-order valence-corrected chi connectivity index (χ3v) is 5.61. The average molecular weight is 409 g/mol. The molecule has 2 rings (SSSR count). The second kappa shape index (κ2) is 11.5. The Kier molecular flexibility index (Phi) is 9.10. The van der Waals surface area contributed by atoms with Gasteiger partial charge in [0.2, 0.25) is 11.8 Å². The Morgan fingerprint density at radius 2 is 1.40 bits per heavy atom. The SMILES string of the molecule is CC[C@@H](C)NC(=O)[C@H](CC)N(Cc1ccc(C)cc1)C(=O)CCc1ccc(C)cc1. The molecule has 2 amide bonds. The lowest BCUT2D eigenvalue weighted by atomic mass is 10.0. The molecule has 4 heteroatoms. The van der Waals surface area contributed by atoms with Gasteiger partial charge in [0.25, 0.3) is 0 Å². The minimum atomic E-state index is -0.467. The summed E-state index contributed by atoms with van der Waals surface area (Å²) in [5.41, 5.74) is 4.57. The molecule has 1 N–H and O–H groups in total. The average Bonchev–Trinajstić information content (AvgIpc) is 2.74. The van der Waals surface area contributed by atoms with Crippen molar-refractivity contribution < 1.29 is 9.59 Å². The van der Waals surface area contributed by atoms with Gasteiger partial charge in [0.05, 0.1) is 0 Å². The van der Waals surface area contributed by atoms with Crippen molar-refractivity contribution in [2.75, 3.05) is 0 Å². The van der Waals surface area contributed by atoms with Crippen molar-refractivity contribution in [2.24, 2.45) is 0 Å². The van der Waals surface area contributed by atoms with Crippen molar-refractivity contribution in [3.8, 4) is 0 Å². The highest BCUT2D eigenvalue weighted by Gasteiger charge is 2.28. The van der Waals surface area contributed by atoms with E-state index in [4.69, 9.17) is 0 Å². The predicted octanol–water partition coefficient (Wildman–Crippen LogP) is 4.96. The molecule has 0 spiro atoms. The third kappa shape index (κ3) is 7.01. The molecule has 2 aromatic rings. The first kappa shape index (κ1) is 23.7. The highest BCUT2D eigenvalue weighted by molar-refractivity contribution is 5.87. The van der Waals surface area contributed by atoms with Crippen LogP contribution in [-0.2, 0) is 22.6 Å². The monoisotopic (exact) mass is 408 g/mol. The highest BCUT2D eigenvalue weighted by atomic mass is 16.2. The summed E-state index contributed by atoms with van der Waals surface area (Å²) in [6.45, 7) is 10.6. The van der Waals surface area contributed by atoms with E-state index in [2.05, 4.69) is 36.5 Å². The standard InChI is InChI=1S/C26H36N2O2/c1-6-21(5)27-26(30)24(7-2)28(18-23-14-10-20(4)11-15-23)25(29)17-16-22-12-8-19(3)9-13-22/h8-15,21,24H,6-7,16-18H2,1-5H3,(H,27,30)/t21-,24+/m1/s1. The van der Waals surface area contributed by atoms with Gasteiger partial charge < -0.3 is 10.2 Å². The Hall–Kier alpha value is -2.62. The van der Waals surface area contributed by atoms with Crippen LogP contribution in [0.25, 0.3) is 0 Å². The van der Waals surface area contributed by atoms with Gasteiger partial charge in [0, 0.05) is 19.0 Å². The lowest BCUT2D eigenvalue weighted by Crippen LogP contribution is -2.50. The molecule has 4 nitrogen and oxygen atoms in total. The van der Waals surface area contributed by atoms with Crippen LogP contribution in [0.1, 0.15) is 62.3 Å². The molecule has 0 heterocycles. The first-order valence-corrected chi connectivity index (χ1v) is 11.0. The van der Waals surface area contributed by atoms with Crippen molar-refractivity contribution in [1.82, 2.24) is 10.2 Å². The molecule has 2 atom stereocenters. The lowest BCUT2D eigenvalue weighted by Gasteiger charge is -2.31. The van der Waals surface area contributed by atoms with Crippen LogP contribution in [0.4, 0.5) is 0 Å². The maximum absolute atomic E-state index is 13.3. The minimum Gasteiger partial charge on any atom is -0.352 e. The molecular formula is C26H36N2O2. The third-order valence-electron chi connectivity index (χ3n) is 5.61. The normalized spacial score (nSPS) is 12.8. The van der Waals surface area contributed by atoms with E-state index < -0.39 is 6.04 Å². The van der Waals surface area contributed by atoms with Crippen LogP contribution in [0.3, 0.4) is 0 Å². The Morgan fingerprint density at radius 1 is 0.867 bits per heavy atom. The highest BCUT2D eigenvalue weighted by Crippen LogP contribution is 2.16. The second-order valence-electron chi connectivity index (χ2n) is 8.23. The van der Waals surface area contributed by atoms with Crippen molar-refractivity contribution in [1.29, 1.82) is 0 Å². The minimum absolute atomic E-state index is 0.0160. The number of carbonyl (C=O) groups is 2. The van der Waals surface area contributed by atoms with Crippen molar-refractivity contribution in [3.63, 3.8) is 0 Å². The van der Waals surface area contributed by atoms with Crippen LogP contribution >= 0.6 is 0 Å². The Bertz CT molecular complexity index is 812. The molecule has 0 aliphatic heterocycles. The lowest BCUT2D eigenvalue weighted by molar-refractivity contribution is -0.141. The predicted molar refractivity (Wildman–Crippen MR) is 123 cm³/mol. The molecule has 2 aromatic carbocycles. The molecule has 0 bridgehead atoms. The van der Waals surface area contributed by atoms with Crippen LogP contribution in [0.2, 0.25) is 0 Å². The molecule has 0 saturated heterocycles. The zero-order valence-corrected chi connectivity index (χ0v) is 19.1. The van der Waals surface area contributed by atoms with E-state index >= 15 is 0 Å². The fourth-order valence-electron chi connectivity index (χ4n) is 3.40. The van der Waals surface area contributed by atoms with Gasteiger partial charge in [-0.25, -0.2) is 0 Å². The first-order valence-electron chi connectivity index (χ1n) is 11.0. The summed E-state index contributed by atoms with van der Waals surface area (Å²) in [7, 11) is 0. The van der Waals surface area contributed by atoms with Crippen LogP contribution < -0.4 is 5.32 Å². The molecule has 0 aliphatic rings. The van der Waals surface area contributed by atoms with Gasteiger partial charge in [-0.1, -0.05) is 73.5 Å². The molecule has 0 saturated carbocycles. The van der Waals surface area contributed by atoms with E-state index in [0.29, 0.717) is 25.8 Å². The number of hydrogen-bond acceptors (Lipinski definition) is 2. The largest absolute Gasteiger partial charge is 0.352 e. The number of benzene rings is 2. The molecule has 30 heavy (non-hydrogen) atoms. The van der Waals surface area contributed by atoms with Crippen LogP contribution in [0, 0.1) is 13.8 Å². The van der Waals surface area contributed by atoms with Crippen molar-refractivity contribution in [2.45, 2.75) is 78.9 Å². The number of amides is 2. The van der Waals surface area contributed by atoms with Crippen LogP contribution in [-0.4, -0.2) is 28.8 Å². The summed E-state index contributed by atoms with van der Waals surface area (Å²) < 4.78 is 0. The maximum atomic E-state index is 13.3. The number of aryl methyl sites for hydroxylation is 3. The van der Waals surface area contributed by atoms with Gasteiger partial charge in [-0.05, 0) is 51.2 Å². The zero-order chi connectivity index (χ0) is 22.1. The number of carbonyl (C=O) groups excluding carboxylic acids is 2. The van der Waals surface area contributed by atoms with Crippen molar-refractivity contribution >= 4 is 11.8 Å². The first-order chi connectivity index (χ1) is 14.3.